The highest BCUT2D eigenvalue weighted by molar-refractivity contribution is 5.85. The Morgan fingerprint density at radius 3 is 2.40 bits per heavy atom. The number of methoxy groups -OCH3 is 1. The van der Waals surface area contributed by atoms with Gasteiger partial charge in [-0.25, -0.2) is 24.9 Å². The second-order valence-corrected chi connectivity index (χ2v) is 12.4. The monoisotopic (exact) mass is 653 g/mol. The van der Waals surface area contributed by atoms with Gasteiger partial charge in [0.15, 0.2) is 11.5 Å². The molecule has 2 saturated carbocycles. The molecule has 0 radical (unpaired) electrons. The molecule has 0 unspecified atom stereocenters. The van der Waals surface area contributed by atoms with Crippen molar-refractivity contribution in [2.45, 2.75) is 57.3 Å². The quantitative estimate of drug-likeness (QED) is 0.193. The zero-order chi connectivity index (χ0) is 33.3. The molecule has 0 amide bonds. The third-order valence-electron chi connectivity index (χ3n) is 8.89. The second kappa shape index (κ2) is 11.1. The fourth-order valence-electron chi connectivity index (χ4n) is 6.14. The van der Waals surface area contributed by atoms with E-state index in [2.05, 4.69) is 20.1 Å². The Morgan fingerprint density at radius 2 is 1.75 bits per heavy atom. The maximum Gasteiger partial charge on any atom is 0.434 e. The molecular formula is C34H30F3N9O2. The van der Waals surface area contributed by atoms with Gasteiger partial charge in [-0.3, -0.25) is 14.0 Å². The summed E-state index contributed by atoms with van der Waals surface area (Å²) in [4.78, 5) is 36.9. The predicted molar refractivity (Wildman–Crippen MR) is 170 cm³/mol. The highest BCUT2D eigenvalue weighted by Gasteiger charge is 2.37. The molecule has 1 aromatic carbocycles. The summed E-state index contributed by atoms with van der Waals surface area (Å²) in [6, 6.07) is 8.90. The summed E-state index contributed by atoms with van der Waals surface area (Å²) in [5, 5.41) is 4.95. The highest BCUT2D eigenvalue weighted by Crippen LogP contribution is 2.45. The summed E-state index contributed by atoms with van der Waals surface area (Å²) in [6.07, 6.45) is 5.06. The lowest BCUT2D eigenvalue weighted by atomic mass is 10.1. The van der Waals surface area contributed by atoms with E-state index in [1.54, 1.807) is 63.6 Å². The lowest BCUT2D eigenvalue weighted by molar-refractivity contribution is -0.140. The predicted octanol–water partition coefficient (Wildman–Crippen LogP) is 6.11. The van der Waals surface area contributed by atoms with Gasteiger partial charge in [-0.2, -0.15) is 18.3 Å². The first kappa shape index (κ1) is 30.0. The maximum absolute atomic E-state index is 14.3. The van der Waals surface area contributed by atoms with Gasteiger partial charge in [0.25, 0.3) is 5.56 Å². The molecular weight excluding hydrogens is 623 g/mol. The molecule has 2 aliphatic rings. The van der Waals surface area contributed by atoms with Crippen LogP contribution in [-0.4, -0.2) is 50.9 Å². The molecule has 11 nitrogen and oxygen atoms in total. The topological polar surface area (TPSA) is 118 Å². The molecule has 5 heterocycles. The minimum absolute atomic E-state index is 0.00891. The van der Waals surface area contributed by atoms with Gasteiger partial charge in [0.2, 0.25) is 5.88 Å². The van der Waals surface area contributed by atoms with Crippen LogP contribution in [-0.2, 0) is 19.8 Å². The molecule has 2 fully saturated rings. The third kappa shape index (κ3) is 5.30. The van der Waals surface area contributed by atoms with Crippen LogP contribution in [0.5, 0.6) is 5.88 Å². The smallest absolute Gasteiger partial charge is 0.434 e. The Kier molecular flexibility index (Phi) is 6.93. The molecule has 48 heavy (non-hydrogen) atoms. The number of aromatic nitrogens is 9. The van der Waals surface area contributed by atoms with E-state index in [0.717, 1.165) is 43.1 Å². The van der Waals surface area contributed by atoms with Crippen LogP contribution in [0.25, 0.3) is 44.9 Å². The van der Waals surface area contributed by atoms with E-state index in [0.29, 0.717) is 50.7 Å². The van der Waals surface area contributed by atoms with Gasteiger partial charge < -0.3 is 9.30 Å². The van der Waals surface area contributed by atoms with E-state index in [-0.39, 0.29) is 29.9 Å². The van der Waals surface area contributed by atoms with Gasteiger partial charge in [-0.05, 0) is 44.2 Å². The Hall–Kier alpha value is -5.40. The summed E-state index contributed by atoms with van der Waals surface area (Å²) in [5.74, 6) is 1.26. The molecule has 0 aliphatic heterocycles. The molecule has 14 heteroatoms. The van der Waals surface area contributed by atoms with Gasteiger partial charge in [-0.1, -0.05) is 24.3 Å². The summed E-state index contributed by atoms with van der Waals surface area (Å²) in [5.41, 5.74) is 3.73. The van der Waals surface area contributed by atoms with Crippen molar-refractivity contribution >= 4 is 11.0 Å². The molecule has 0 atom stereocenters. The number of pyridine rings is 1. The van der Waals surface area contributed by atoms with Gasteiger partial charge in [0.05, 0.1) is 36.8 Å². The number of benzene rings is 1. The van der Waals surface area contributed by atoms with Gasteiger partial charge in [0, 0.05) is 47.9 Å². The number of nitrogens with zero attached hydrogens (tertiary/aromatic N) is 9. The number of halogens is 3. The van der Waals surface area contributed by atoms with Crippen LogP contribution < -0.4 is 10.3 Å². The van der Waals surface area contributed by atoms with Crippen molar-refractivity contribution < 1.29 is 17.9 Å². The van der Waals surface area contributed by atoms with Crippen molar-refractivity contribution in [3.63, 3.8) is 0 Å². The van der Waals surface area contributed by atoms with E-state index in [9.17, 15) is 18.0 Å². The number of aryl methyl sites for hydroxylation is 2. The van der Waals surface area contributed by atoms with Crippen LogP contribution in [0, 0.1) is 6.92 Å². The van der Waals surface area contributed by atoms with E-state index in [1.165, 1.54) is 13.4 Å². The van der Waals surface area contributed by atoms with Crippen LogP contribution in [0.1, 0.15) is 60.3 Å². The minimum Gasteiger partial charge on any atom is -0.480 e. The second-order valence-electron chi connectivity index (χ2n) is 12.4. The molecule has 6 aromatic rings. The Bertz CT molecular complexity index is 2260. The Morgan fingerprint density at radius 1 is 0.979 bits per heavy atom. The lowest BCUT2D eigenvalue weighted by Gasteiger charge is -2.16. The third-order valence-corrected chi connectivity index (χ3v) is 8.89. The normalized spacial score (nSPS) is 15.0. The molecule has 0 N–H and O–H groups in total. The highest BCUT2D eigenvalue weighted by atomic mass is 19.4. The standard InChI is InChI=1S/C34H30F3N9O2/c1-18-24-12-25(22-13-40-44(2)15-22)33(47)46(31(24)43-29(41-18)27-28(20-8-9-20)38-17-39-32(27)48-3)14-19-4-6-21(7-5-19)30-42-26(34(35,36)37)16-45(30)23-10-11-23/h4-7,12-13,15-17,20,23H,8-11,14H2,1-3H3. The first-order valence-corrected chi connectivity index (χ1v) is 15.6. The molecule has 244 valence electrons. The van der Waals surface area contributed by atoms with E-state index < -0.39 is 11.9 Å². The van der Waals surface area contributed by atoms with Crippen LogP contribution in [0.2, 0.25) is 0 Å². The van der Waals surface area contributed by atoms with Crippen LogP contribution in [0.15, 0.2) is 60.0 Å². The average Bonchev–Trinajstić information content (AvgIpc) is 4.01. The molecule has 0 spiro atoms. The number of alkyl halides is 3. The zero-order valence-corrected chi connectivity index (χ0v) is 26.4. The van der Waals surface area contributed by atoms with Crippen molar-refractivity contribution in [2.24, 2.45) is 7.05 Å². The van der Waals surface area contributed by atoms with Gasteiger partial charge in [-0.15, -0.1) is 0 Å². The Balaban J connectivity index is 1.26. The fourth-order valence-corrected chi connectivity index (χ4v) is 6.14. The summed E-state index contributed by atoms with van der Waals surface area (Å²) >= 11 is 0. The number of ether oxygens (including phenoxy) is 1. The number of rotatable bonds is 8. The van der Waals surface area contributed by atoms with Gasteiger partial charge >= 0.3 is 6.18 Å². The zero-order valence-electron chi connectivity index (χ0n) is 26.4. The first-order valence-electron chi connectivity index (χ1n) is 15.6. The molecule has 5 aromatic heterocycles. The average molecular weight is 654 g/mol. The van der Waals surface area contributed by atoms with E-state index >= 15 is 0 Å². The summed E-state index contributed by atoms with van der Waals surface area (Å²) in [6.45, 7) is 2.01. The number of fused-ring (bicyclic) bond motifs is 1. The first-order chi connectivity index (χ1) is 23.1. The number of imidazole rings is 1. The lowest BCUT2D eigenvalue weighted by Crippen LogP contribution is -2.24. The van der Waals surface area contributed by atoms with Crippen LogP contribution in [0.3, 0.4) is 0 Å². The fraction of sp³-hybridized carbons (Fsp3) is 0.324. The largest absolute Gasteiger partial charge is 0.480 e. The summed E-state index contributed by atoms with van der Waals surface area (Å²) in [7, 11) is 3.32. The van der Waals surface area contributed by atoms with Crippen molar-refractivity contribution in [1.29, 1.82) is 0 Å². The SMILES string of the molecule is COc1ncnc(C2CC2)c1-c1nc(C)c2cc(-c3cnn(C)c3)c(=O)n(Cc3ccc(-c4nc(C(F)(F)F)cn4C4CC4)cc3)c2n1. The van der Waals surface area contributed by atoms with E-state index in [4.69, 9.17) is 14.7 Å². The van der Waals surface area contributed by atoms with Gasteiger partial charge in [0.1, 0.15) is 23.4 Å². The molecule has 8 rings (SSSR count). The number of hydrogen-bond acceptors (Lipinski definition) is 8. The van der Waals surface area contributed by atoms with Crippen molar-refractivity contribution in [3.05, 3.63) is 88.2 Å². The van der Waals surface area contributed by atoms with Crippen LogP contribution in [0.4, 0.5) is 13.2 Å². The summed E-state index contributed by atoms with van der Waals surface area (Å²) < 4.78 is 51.1. The minimum atomic E-state index is -4.54. The Labute approximate surface area is 272 Å². The maximum atomic E-state index is 14.3. The van der Waals surface area contributed by atoms with Crippen molar-refractivity contribution in [1.82, 2.24) is 43.8 Å². The number of hydrogen-bond donors (Lipinski definition) is 0. The van der Waals surface area contributed by atoms with E-state index in [1.807, 2.05) is 6.92 Å². The molecule has 2 aliphatic carbocycles. The molecule has 0 saturated heterocycles. The van der Waals surface area contributed by atoms with Crippen molar-refractivity contribution in [3.8, 4) is 39.8 Å². The molecule has 0 bridgehead atoms. The van der Waals surface area contributed by atoms with Crippen LogP contribution >= 0.6 is 0 Å². The van der Waals surface area contributed by atoms with Crippen molar-refractivity contribution in [2.75, 3.05) is 7.11 Å².